The summed E-state index contributed by atoms with van der Waals surface area (Å²) in [5.74, 6) is 0.789. The highest BCUT2D eigenvalue weighted by Gasteiger charge is 2.42. The molecule has 2 amide bonds. The van der Waals surface area contributed by atoms with Gasteiger partial charge < -0.3 is 9.47 Å². The molecule has 0 bridgehead atoms. The van der Waals surface area contributed by atoms with Crippen LogP contribution in [0.2, 0.25) is 0 Å². The summed E-state index contributed by atoms with van der Waals surface area (Å²) >= 11 is 0. The van der Waals surface area contributed by atoms with Crippen LogP contribution in [0.25, 0.3) is 6.08 Å². The van der Waals surface area contributed by atoms with Crippen LogP contribution in [-0.2, 0) is 26.0 Å². The summed E-state index contributed by atoms with van der Waals surface area (Å²) in [6.45, 7) is 1.61. The SMILES string of the molecule is COc1ccc(CCN2C(=O)C[C@@H](N3CCN(S(=O)(=O)/C=C/c4ccccc4)CC3)C2=O)cc1OC. The van der Waals surface area contributed by atoms with Crippen LogP contribution in [0.3, 0.4) is 0 Å². The Labute approximate surface area is 211 Å². The molecule has 0 aromatic heterocycles. The maximum Gasteiger partial charge on any atom is 0.247 e. The van der Waals surface area contributed by atoms with E-state index in [1.54, 1.807) is 26.4 Å². The number of nitrogens with zero attached hydrogens (tertiary/aromatic N) is 3. The Balaban J connectivity index is 1.32. The normalized spacial score (nSPS) is 19.8. The predicted molar refractivity (Wildman–Crippen MR) is 136 cm³/mol. The first kappa shape index (κ1) is 25.9. The summed E-state index contributed by atoms with van der Waals surface area (Å²) in [4.78, 5) is 29.0. The lowest BCUT2D eigenvalue weighted by atomic mass is 10.1. The average molecular weight is 514 g/mol. The molecule has 9 nitrogen and oxygen atoms in total. The molecule has 2 aliphatic rings. The van der Waals surface area contributed by atoms with Gasteiger partial charge in [0.25, 0.3) is 0 Å². The molecule has 0 radical (unpaired) electrons. The second-order valence-corrected chi connectivity index (χ2v) is 10.6. The fraction of sp³-hybridized carbons (Fsp3) is 0.385. The Morgan fingerprint density at radius 1 is 0.944 bits per heavy atom. The van der Waals surface area contributed by atoms with Gasteiger partial charge in [-0.2, -0.15) is 4.31 Å². The molecule has 0 aliphatic carbocycles. The second kappa shape index (κ2) is 11.2. The number of piperazine rings is 1. The number of rotatable bonds is 9. The van der Waals surface area contributed by atoms with Crippen LogP contribution in [0, 0.1) is 0 Å². The molecule has 0 unspecified atom stereocenters. The maximum absolute atomic E-state index is 13.1. The molecular weight excluding hydrogens is 482 g/mol. The molecule has 4 rings (SSSR count). The lowest BCUT2D eigenvalue weighted by Crippen LogP contribution is -2.53. The molecule has 2 fully saturated rings. The van der Waals surface area contributed by atoms with E-state index in [9.17, 15) is 18.0 Å². The van der Waals surface area contributed by atoms with Gasteiger partial charge in [0.15, 0.2) is 11.5 Å². The van der Waals surface area contributed by atoms with Crippen molar-refractivity contribution in [2.24, 2.45) is 0 Å². The van der Waals surface area contributed by atoms with Crippen molar-refractivity contribution in [3.8, 4) is 11.5 Å². The highest BCUT2D eigenvalue weighted by molar-refractivity contribution is 7.92. The summed E-state index contributed by atoms with van der Waals surface area (Å²) in [6, 6.07) is 14.2. The molecule has 0 saturated carbocycles. The van der Waals surface area contributed by atoms with Gasteiger partial charge in [-0.3, -0.25) is 19.4 Å². The van der Waals surface area contributed by atoms with Crippen LogP contribution in [0.4, 0.5) is 0 Å². The van der Waals surface area contributed by atoms with Crippen LogP contribution in [0.1, 0.15) is 17.5 Å². The molecule has 2 heterocycles. The van der Waals surface area contributed by atoms with E-state index >= 15 is 0 Å². The summed E-state index contributed by atoms with van der Waals surface area (Å²) in [7, 11) is -0.444. The monoisotopic (exact) mass is 513 g/mol. The first-order valence-corrected chi connectivity index (χ1v) is 13.3. The highest BCUT2D eigenvalue weighted by Crippen LogP contribution is 2.28. The number of carbonyl (C=O) groups is 2. The number of hydrogen-bond acceptors (Lipinski definition) is 7. The quantitative estimate of drug-likeness (QED) is 0.473. The standard InChI is InChI=1S/C26H31N3O6S/c1-34-23-9-8-21(18-24(23)35-2)10-12-29-25(30)19-22(26(29)31)27-13-15-28(16-14-27)36(32,33)17-11-20-6-4-3-5-7-20/h3-9,11,17-18,22H,10,12-16,19H2,1-2H3/b17-11+/t22-/m1/s1. The van der Waals surface area contributed by atoms with Crippen LogP contribution >= 0.6 is 0 Å². The van der Waals surface area contributed by atoms with Gasteiger partial charge in [-0.25, -0.2) is 8.42 Å². The number of likely N-dealkylation sites (tertiary alicyclic amines) is 1. The topological polar surface area (TPSA) is 96.5 Å². The zero-order valence-corrected chi connectivity index (χ0v) is 21.3. The number of benzene rings is 2. The fourth-order valence-electron chi connectivity index (χ4n) is 4.55. The van der Waals surface area contributed by atoms with E-state index < -0.39 is 16.1 Å². The van der Waals surface area contributed by atoms with Crippen LogP contribution in [-0.4, -0.2) is 87.3 Å². The molecular formula is C26H31N3O6S. The number of amides is 2. The van der Waals surface area contributed by atoms with Gasteiger partial charge in [0.05, 0.1) is 26.7 Å². The minimum absolute atomic E-state index is 0.116. The largest absolute Gasteiger partial charge is 0.493 e. The van der Waals surface area contributed by atoms with Crippen molar-refractivity contribution in [1.29, 1.82) is 0 Å². The molecule has 10 heteroatoms. The fourth-order valence-corrected chi connectivity index (χ4v) is 5.72. The van der Waals surface area contributed by atoms with Gasteiger partial charge >= 0.3 is 0 Å². The Bertz CT molecular complexity index is 1220. The number of carbonyl (C=O) groups excluding carboxylic acids is 2. The van der Waals surface area contributed by atoms with Crippen molar-refractivity contribution in [2.75, 3.05) is 46.9 Å². The molecule has 2 aromatic carbocycles. The highest BCUT2D eigenvalue weighted by atomic mass is 32.2. The Kier molecular flexibility index (Phi) is 8.07. The van der Waals surface area contributed by atoms with Gasteiger partial charge in [0.2, 0.25) is 21.8 Å². The van der Waals surface area contributed by atoms with Crippen molar-refractivity contribution >= 4 is 27.9 Å². The van der Waals surface area contributed by atoms with E-state index in [4.69, 9.17) is 9.47 Å². The Hall–Kier alpha value is -3.21. The van der Waals surface area contributed by atoms with Gasteiger partial charge in [-0.1, -0.05) is 36.4 Å². The molecule has 192 valence electrons. The van der Waals surface area contributed by atoms with E-state index in [0.29, 0.717) is 31.0 Å². The van der Waals surface area contributed by atoms with Crippen molar-refractivity contribution in [3.63, 3.8) is 0 Å². The minimum atomic E-state index is -3.57. The first-order valence-electron chi connectivity index (χ1n) is 11.8. The third-order valence-electron chi connectivity index (χ3n) is 6.60. The van der Waals surface area contributed by atoms with Crippen molar-refractivity contribution in [2.45, 2.75) is 18.9 Å². The Morgan fingerprint density at radius 3 is 2.31 bits per heavy atom. The van der Waals surface area contributed by atoms with Gasteiger partial charge in [-0.15, -0.1) is 0 Å². The molecule has 2 aromatic rings. The molecule has 0 N–H and O–H groups in total. The first-order chi connectivity index (χ1) is 17.3. The molecule has 2 saturated heterocycles. The van der Waals surface area contributed by atoms with Crippen LogP contribution in [0.15, 0.2) is 53.9 Å². The number of ether oxygens (including phenoxy) is 2. The summed E-state index contributed by atoms with van der Waals surface area (Å²) in [5.41, 5.74) is 1.74. The minimum Gasteiger partial charge on any atom is -0.493 e. The number of methoxy groups -OCH3 is 2. The second-order valence-electron chi connectivity index (χ2n) is 8.74. The van der Waals surface area contributed by atoms with Gasteiger partial charge in [-0.05, 0) is 35.8 Å². The molecule has 0 spiro atoms. The number of sulfonamides is 1. The predicted octanol–water partition coefficient (Wildman–Crippen LogP) is 1.99. The van der Waals surface area contributed by atoms with E-state index in [1.807, 2.05) is 47.4 Å². The van der Waals surface area contributed by atoms with Crippen molar-refractivity contribution < 1.29 is 27.5 Å². The zero-order chi connectivity index (χ0) is 25.7. The van der Waals surface area contributed by atoms with Gasteiger partial charge in [0.1, 0.15) is 0 Å². The lowest BCUT2D eigenvalue weighted by Gasteiger charge is -2.35. The van der Waals surface area contributed by atoms with E-state index in [2.05, 4.69) is 0 Å². The molecule has 36 heavy (non-hydrogen) atoms. The maximum atomic E-state index is 13.1. The van der Waals surface area contributed by atoms with Gasteiger partial charge in [0, 0.05) is 38.1 Å². The zero-order valence-electron chi connectivity index (χ0n) is 20.5. The summed E-state index contributed by atoms with van der Waals surface area (Å²) < 4.78 is 37.5. The average Bonchev–Trinajstić information content (AvgIpc) is 3.19. The molecule has 2 aliphatic heterocycles. The van der Waals surface area contributed by atoms with E-state index in [0.717, 1.165) is 11.1 Å². The molecule has 1 atom stereocenters. The summed E-state index contributed by atoms with van der Waals surface area (Å²) in [5, 5.41) is 1.22. The van der Waals surface area contributed by atoms with E-state index in [1.165, 1.54) is 14.6 Å². The number of imide groups is 1. The Morgan fingerprint density at radius 2 is 1.64 bits per heavy atom. The van der Waals surface area contributed by atoms with Crippen molar-refractivity contribution in [3.05, 3.63) is 65.1 Å². The van der Waals surface area contributed by atoms with E-state index in [-0.39, 0.29) is 37.9 Å². The summed E-state index contributed by atoms with van der Waals surface area (Å²) in [6.07, 6.45) is 2.20. The van der Waals surface area contributed by atoms with Crippen LogP contribution < -0.4 is 9.47 Å². The third kappa shape index (κ3) is 5.77. The van der Waals surface area contributed by atoms with Crippen molar-refractivity contribution in [1.82, 2.24) is 14.1 Å². The lowest BCUT2D eigenvalue weighted by molar-refractivity contribution is -0.139. The number of hydrogen-bond donors (Lipinski definition) is 0. The third-order valence-corrected chi connectivity index (χ3v) is 8.16. The smallest absolute Gasteiger partial charge is 0.247 e. The van der Waals surface area contributed by atoms with Crippen LogP contribution in [0.5, 0.6) is 11.5 Å².